The summed E-state index contributed by atoms with van der Waals surface area (Å²) in [4.78, 5) is 24.3. The van der Waals surface area contributed by atoms with E-state index in [1.807, 2.05) is 26.0 Å². The van der Waals surface area contributed by atoms with Crippen LogP contribution in [0.1, 0.15) is 45.1 Å². The summed E-state index contributed by atoms with van der Waals surface area (Å²) in [5.74, 6) is 0.0646. The number of urea groups is 1. The SMILES string of the molecule is CC(C)NC(=O)C1CCCC(NC(=O)NCCc2cc(Cl)cc(Cl)c2)C1. The first-order valence-electron chi connectivity index (χ1n) is 9.13. The van der Waals surface area contributed by atoms with Crippen LogP contribution >= 0.6 is 23.2 Å². The Balaban J connectivity index is 1.74. The Bertz CT molecular complexity index is 617. The summed E-state index contributed by atoms with van der Waals surface area (Å²) in [5.41, 5.74) is 0.978. The topological polar surface area (TPSA) is 70.2 Å². The smallest absolute Gasteiger partial charge is 0.315 e. The van der Waals surface area contributed by atoms with Gasteiger partial charge in [0.1, 0.15) is 0 Å². The van der Waals surface area contributed by atoms with E-state index in [0.717, 1.165) is 24.8 Å². The number of amides is 3. The van der Waals surface area contributed by atoms with Gasteiger partial charge < -0.3 is 16.0 Å². The monoisotopic (exact) mass is 399 g/mol. The summed E-state index contributed by atoms with van der Waals surface area (Å²) >= 11 is 11.9. The molecule has 2 unspecified atom stereocenters. The lowest BCUT2D eigenvalue weighted by molar-refractivity contribution is -0.126. The van der Waals surface area contributed by atoms with E-state index in [9.17, 15) is 9.59 Å². The molecule has 1 saturated carbocycles. The molecule has 144 valence electrons. The third-order valence-electron chi connectivity index (χ3n) is 4.43. The Morgan fingerprint density at radius 1 is 1.15 bits per heavy atom. The zero-order valence-corrected chi connectivity index (χ0v) is 16.8. The number of rotatable bonds is 6. The summed E-state index contributed by atoms with van der Waals surface area (Å²) in [5, 5.41) is 9.98. The second kappa shape index (κ2) is 10.0. The molecule has 0 heterocycles. The van der Waals surface area contributed by atoms with Crippen LogP contribution in [0.4, 0.5) is 4.79 Å². The van der Waals surface area contributed by atoms with Crippen molar-refractivity contribution in [1.82, 2.24) is 16.0 Å². The fraction of sp³-hybridized carbons (Fsp3) is 0.579. The lowest BCUT2D eigenvalue weighted by Gasteiger charge is -2.29. The van der Waals surface area contributed by atoms with Crippen LogP contribution in [-0.4, -0.2) is 30.6 Å². The maximum absolute atomic E-state index is 12.2. The first-order valence-corrected chi connectivity index (χ1v) is 9.89. The van der Waals surface area contributed by atoms with Gasteiger partial charge in [-0.05, 0) is 63.3 Å². The molecule has 0 radical (unpaired) electrons. The van der Waals surface area contributed by atoms with E-state index in [-0.39, 0.29) is 29.9 Å². The summed E-state index contributed by atoms with van der Waals surface area (Å²) in [7, 11) is 0. The van der Waals surface area contributed by atoms with Crippen molar-refractivity contribution in [3.05, 3.63) is 33.8 Å². The predicted molar refractivity (Wildman–Crippen MR) is 106 cm³/mol. The van der Waals surface area contributed by atoms with Gasteiger partial charge in [-0.15, -0.1) is 0 Å². The minimum atomic E-state index is -0.201. The molecular weight excluding hydrogens is 373 g/mol. The predicted octanol–water partition coefficient (Wildman–Crippen LogP) is 3.92. The molecule has 0 aromatic heterocycles. The van der Waals surface area contributed by atoms with E-state index in [1.165, 1.54) is 0 Å². The maximum atomic E-state index is 12.2. The van der Waals surface area contributed by atoms with Crippen molar-refractivity contribution in [3.8, 4) is 0 Å². The third-order valence-corrected chi connectivity index (χ3v) is 4.87. The normalized spacial score (nSPS) is 19.9. The molecule has 1 aliphatic carbocycles. The average Bonchev–Trinajstić information content (AvgIpc) is 2.53. The third kappa shape index (κ3) is 7.04. The molecule has 0 saturated heterocycles. The first-order chi connectivity index (χ1) is 12.3. The van der Waals surface area contributed by atoms with Crippen LogP contribution in [0.15, 0.2) is 18.2 Å². The van der Waals surface area contributed by atoms with Crippen LogP contribution in [0, 0.1) is 5.92 Å². The van der Waals surface area contributed by atoms with Gasteiger partial charge in [-0.3, -0.25) is 4.79 Å². The van der Waals surface area contributed by atoms with E-state index < -0.39 is 0 Å². The van der Waals surface area contributed by atoms with E-state index in [0.29, 0.717) is 29.4 Å². The van der Waals surface area contributed by atoms with Crippen LogP contribution < -0.4 is 16.0 Å². The van der Waals surface area contributed by atoms with Crippen molar-refractivity contribution < 1.29 is 9.59 Å². The highest BCUT2D eigenvalue weighted by Crippen LogP contribution is 2.24. The Morgan fingerprint density at radius 2 is 1.85 bits per heavy atom. The number of nitrogens with one attached hydrogen (secondary N) is 3. The van der Waals surface area contributed by atoms with Gasteiger partial charge >= 0.3 is 6.03 Å². The van der Waals surface area contributed by atoms with E-state index >= 15 is 0 Å². The largest absolute Gasteiger partial charge is 0.354 e. The fourth-order valence-corrected chi connectivity index (χ4v) is 3.84. The molecule has 0 bridgehead atoms. The van der Waals surface area contributed by atoms with Crippen LogP contribution in [0.2, 0.25) is 10.0 Å². The van der Waals surface area contributed by atoms with Gasteiger partial charge in [-0.25, -0.2) is 4.79 Å². The molecule has 7 heteroatoms. The van der Waals surface area contributed by atoms with Gasteiger partial charge in [0.05, 0.1) is 0 Å². The van der Waals surface area contributed by atoms with Gasteiger partial charge in [-0.1, -0.05) is 29.6 Å². The second-order valence-electron chi connectivity index (χ2n) is 7.15. The molecule has 2 rings (SSSR count). The Hall–Kier alpha value is -1.46. The van der Waals surface area contributed by atoms with Crippen molar-refractivity contribution in [2.75, 3.05) is 6.54 Å². The average molecular weight is 400 g/mol. The highest BCUT2D eigenvalue weighted by molar-refractivity contribution is 6.34. The van der Waals surface area contributed by atoms with Gasteiger partial charge in [0.25, 0.3) is 0 Å². The lowest BCUT2D eigenvalue weighted by atomic mass is 9.85. The Morgan fingerprint density at radius 3 is 2.50 bits per heavy atom. The van der Waals surface area contributed by atoms with Crippen molar-refractivity contribution in [3.63, 3.8) is 0 Å². The van der Waals surface area contributed by atoms with Crippen LogP contribution in [-0.2, 0) is 11.2 Å². The number of carbonyl (C=O) groups excluding carboxylic acids is 2. The molecule has 1 aliphatic rings. The minimum absolute atomic E-state index is 0.0231. The van der Waals surface area contributed by atoms with E-state index in [4.69, 9.17) is 23.2 Å². The van der Waals surface area contributed by atoms with Gasteiger partial charge in [-0.2, -0.15) is 0 Å². The maximum Gasteiger partial charge on any atom is 0.315 e. The molecule has 1 aromatic carbocycles. The molecule has 26 heavy (non-hydrogen) atoms. The minimum Gasteiger partial charge on any atom is -0.354 e. The van der Waals surface area contributed by atoms with Crippen molar-refractivity contribution in [2.45, 2.75) is 58.0 Å². The molecule has 0 spiro atoms. The quantitative estimate of drug-likeness (QED) is 0.678. The van der Waals surface area contributed by atoms with Crippen molar-refractivity contribution in [1.29, 1.82) is 0 Å². The fourth-order valence-electron chi connectivity index (χ4n) is 3.27. The standard InChI is InChI=1S/C19H27Cl2N3O2/c1-12(2)23-18(25)14-4-3-5-17(10-14)24-19(26)22-7-6-13-8-15(20)11-16(21)9-13/h8-9,11-12,14,17H,3-7,10H2,1-2H3,(H,23,25)(H2,22,24,26). The molecule has 1 aromatic rings. The van der Waals surface area contributed by atoms with Gasteiger partial charge in [0.2, 0.25) is 5.91 Å². The number of hydrogen-bond donors (Lipinski definition) is 3. The summed E-state index contributed by atoms with van der Waals surface area (Å²) in [6.45, 7) is 4.40. The first kappa shape index (κ1) is 20.8. The van der Waals surface area contributed by atoms with Crippen LogP contribution in [0.5, 0.6) is 0 Å². The van der Waals surface area contributed by atoms with Crippen LogP contribution in [0.25, 0.3) is 0 Å². The molecule has 2 atom stereocenters. The number of halogens is 2. The van der Waals surface area contributed by atoms with Crippen LogP contribution in [0.3, 0.4) is 0 Å². The highest BCUT2D eigenvalue weighted by atomic mass is 35.5. The van der Waals surface area contributed by atoms with Gasteiger partial charge in [0, 0.05) is 34.6 Å². The van der Waals surface area contributed by atoms with E-state index in [2.05, 4.69) is 16.0 Å². The molecule has 0 aliphatic heterocycles. The molecule has 3 amide bonds. The number of benzene rings is 1. The highest BCUT2D eigenvalue weighted by Gasteiger charge is 2.28. The summed E-state index contributed by atoms with van der Waals surface area (Å²) < 4.78 is 0. The summed E-state index contributed by atoms with van der Waals surface area (Å²) in [6.07, 6.45) is 4.08. The van der Waals surface area contributed by atoms with E-state index in [1.54, 1.807) is 6.07 Å². The molecule has 5 nitrogen and oxygen atoms in total. The van der Waals surface area contributed by atoms with Crippen molar-refractivity contribution in [2.24, 2.45) is 5.92 Å². The Kier molecular flexibility index (Phi) is 8.04. The molecule has 3 N–H and O–H groups in total. The van der Waals surface area contributed by atoms with Crippen molar-refractivity contribution >= 4 is 35.1 Å². The number of carbonyl (C=O) groups is 2. The number of hydrogen-bond acceptors (Lipinski definition) is 2. The molecular formula is C19H27Cl2N3O2. The second-order valence-corrected chi connectivity index (χ2v) is 8.02. The Labute approximate surface area is 165 Å². The zero-order chi connectivity index (χ0) is 19.1. The molecule has 1 fully saturated rings. The van der Waals surface area contributed by atoms with Gasteiger partial charge in [0.15, 0.2) is 0 Å². The lowest BCUT2D eigenvalue weighted by Crippen LogP contribution is -2.47. The summed E-state index contributed by atoms with van der Waals surface area (Å²) in [6, 6.07) is 5.33. The zero-order valence-electron chi connectivity index (χ0n) is 15.3.